The summed E-state index contributed by atoms with van der Waals surface area (Å²) in [7, 11) is 0. The van der Waals surface area contributed by atoms with Gasteiger partial charge in [-0.1, -0.05) is 0 Å². The fourth-order valence-corrected chi connectivity index (χ4v) is 2.12. The van der Waals surface area contributed by atoms with Crippen LogP contribution in [0.3, 0.4) is 0 Å². The maximum atomic E-state index is 5.71. The van der Waals surface area contributed by atoms with Gasteiger partial charge in [-0.2, -0.15) is 0 Å². The zero-order valence-corrected chi connectivity index (χ0v) is 8.73. The zero-order chi connectivity index (χ0) is 7.33. The van der Waals surface area contributed by atoms with Crippen LogP contribution in [0, 0.1) is 0 Å². The molecule has 0 fully saturated rings. The summed E-state index contributed by atoms with van der Waals surface area (Å²) < 4.78 is 6.24. The minimum absolute atomic E-state index is 0.0486. The van der Waals surface area contributed by atoms with Crippen LogP contribution in [0.1, 0.15) is 40.0 Å². The third-order valence-corrected chi connectivity index (χ3v) is 4.58. The molecular formula is C7H17IN-. The molecule has 9 heavy (non-hydrogen) atoms. The van der Waals surface area contributed by atoms with Gasteiger partial charge in [0.15, 0.2) is 0 Å². The van der Waals surface area contributed by atoms with Crippen molar-refractivity contribution in [2.45, 2.75) is 43.5 Å². The average Bonchev–Trinajstić information content (AvgIpc) is 1.89. The van der Waals surface area contributed by atoms with Gasteiger partial charge in [-0.15, -0.1) is 0 Å². The normalized spacial score (nSPS) is 17.8. The van der Waals surface area contributed by atoms with Crippen LogP contribution in [0.5, 0.6) is 0 Å². The second kappa shape index (κ2) is 4.50. The molecule has 1 atom stereocenters. The summed E-state index contributed by atoms with van der Waals surface area (Å²) in [6.45, 7) is 6.78. The zero-order valence-electron chi connectivity index (χ0n) is 6.58. The van der Waals surface area contributed by atoms with E-state index in [2.05, 4.69) is 20.8 Å². The Hall–Kier alpha value is 0.690. The first-order valence-electron chi connectivity index (χ1n) is 3.53. The fourth-order valence-electron chi connectivity index (χ4n) is 0.830. The first-order chi connectivity index (χ1) is 4.18. The van der Waals surface area contributed by atoms with Gasteiger partial charge in [0.05, 0.1) is 0 Å². The first-order valence-corrected chi connectivity index (χ1v) is 5.85. The number of halogens is 1. The van der Waals surface area contributed by atoms with E-state index in [9.17, 15) is 0 Å². The third-order valence-electron chi connectivity index (χ3n) is 1.77. The van der Waals surface area contributed by atoms with Gasteiger partial charge in [0, 0.05) is 0 Å². The Balaban J connectivity index is 3.62. The minimum atomic E-state index is -0.0486. The summed E-state index contributed by atoms with van der Waals surface area (Å²) in [6, 6.07) is 0. The molecule has 0 aliphatic carbocycles. The predicted molar refractivity (Wildman–Crippen MR) is 37.8 cm³/mol. The van der Waals surface area contributed by atoms with E-state index < -0.39 is 0 Å². The van der Waals surface area contributed by atoms with Crippen molar-refractivity contribution < 1.29 is 21.5 Å². The summed E-state index contributed by atoms with van der Waals surface area (Å²) in [6.07, 6.45) is 3.85. The molecule has 1 nitrogen and oxygen atoms in total. The third kappa shape index (κ3) is 3.40. The number of rotatable bonds is 4. The van der Waals surface area contributed by atoms with Gasteiger partial charge < -0.3 is 0 Å². The van der Waals surface area contributed by atoms with Crippen LogP contribution >= 0.6 is 0 Å². The number of nitrogens with two attached hydrogens (primary N) is 1. The molecule has 0 rings (SSSR count). The molecule has 2 N–H and O–H groups in total. The van der Waals surface area contributed by atoms with Gasteiger partial charge in [0.1, 0.15) is 0 Å². The van der Waals surface area contributed by atoms with Crippen molar-refractivity contribution in [3.8, 4) is 0 Å². The fraction of sp³-hybridized carbons (Fsp3) is 1.00. The van der Waals surface area contributed by atoms with E-state index in [0.717, 1.165) is 0 Å². The summed E-state index contributed by atoms with van der Waals surface area (Å²) in [5.74, 6) is 0. The number of hydrogen-bond acceptors (Lipinski definition) is 1. The molecular weight excluding hydrogens is 225 g/mol. The molecule has 0 saturated carbocycles. The van der Waals surface area contributed by atoms with Gasteiger partial charge in [0.25, 0.3) is 0 Å². The summed E-state index contributed by atoms with van der Waals surface area (Å²) in [5.41, 5.74) is 0. The van der Waals surface area contributed by atoms with E-state index in [1.165, 1.54) is 19.3 Å². The Kier molecular flexibility index (Phi) is 4.84. The van der Waals surface area contributed by atoms with Gasteiger partial charge in [0.2, 0.25) is 0 Å². The van der Waals surface area contributed by atoms with Crippen molar-refractivity contribution in [1.82, 2.24) is 0 Å². The van der Waals surface area contributed by atoms with Gasteiger partial charge >= 0.3 is 68.9 Å². The quantitative estimate of drug-likeness (QED) is 0.379. The Bertz CT molecular complexity index is 69.3. The average molecular weight is 242 g/mol. The van der Waals surface area contributed by atoms with Gasteiger partial charge in [-0.3, -0.25) is 0 Å². The maximum absolute atomic E-state index is 5.71. The first kappa shape index (κ1) is 9.69. The van der Waals surface area contributed by atoms with Crippen molar-refractivity contribution in [2.24, 2.45) is 3.95 Å². The molecule has 0 aromatic carbocycles. The Morgan fingerprint density at radius 3 is 2.11 bits per heavy atom. The second-order valence-corrected chi connectivity index (χ2v) is 5.85. The molecule has 0 aliphatic rings. The molecule has 0 bridgehead atoms. The molecule has 0 aromatic heterocycles. The molecule has 0 heterocycles. The van der Waals surface area contributed by atoms with Crippen molar-refractivity contribution in [2.75, 3.05) is 0 Å². The van der Waals surface area contributed by atoms with E-state index in [0.29, 0.717) is 3.42 Å². The van der Waals surface area contributed by atoms with Crippen LogP contribution in [-0.2, 0) is 0 Å². The van der Waals surface area contributed by atoms with E-state index >= 15 is 0 Å². The van der Waals surface area contributed by atoms with Crippen LogP contribution in [0.15, 0.2) is 0 Å². The van der Waals surface area contributed by atoms with Crippen LogP contribution in [0.25, 0.3) is 0 Å². The van der Waals surface area contributed by atoms with Gasteiger partial charge in [-0.05, 0) is 0 Å². The summed E-state index contributed by atoms with van der Waals surface area (Å²) >= 11 is -0.0486. The van der Waals surface area contributed by atoms with E-state index in [4.69, 9.17) is 3.95 Å². The van der Waals surface area contributed by atoms with E-state index in [1.807, 2.05) is 0 Å². The summed E-state index contributed by atoms with van der Waals surface area (Å²) in [5, 5.41) is 0. The van der Waals surface area contributed by atoms with Crippen molar-refractivity contribution >= 4 is 0 Å². The molecule has 0 radical (unpaired) electrons. The number of alkyl halides is 1. The van der Waals surface area contributed by atoms with Crippen LogP contribution in [-0.4, -0.2) is 3.42 Å². The van der Waals surface area contributed by atoms with Crippen molar-refractivity contribution in [1.29, 1.82) is 0 Å². The number of hydrogen-bond donors (Lipinski definition) is 1. The van der Waals surface area contributed by atoms with E-state index in [-0.39, 0.29) is 21.5 Å². The molecule has 0 aliphatic heterocycles. The Morgan fingerprint density at radius 1 is 1.44 bits per heavy atom. The Morgan fingerprint density at radius 2 is 2.00 bits per heavy atom. The summed E-state index contributed by atoms with van der Waals surface area (Å²) in [4.78, 5) is 0. The SMILES string of the molecule is CCCC(C)(CC)[I-]N. The molecule has 0 spiro atoms. The van der Waals surface area contributed by atoms with Crippen molar-refractivity contribution in [3.05, 3.63) is 0 Å². The monoisotopic (exact) mass is 242 g/mol. The predicted octanol–water partition coefficient (Wildman–Crippen LogP) is -1.08. The van der Waals surface area contributed by atoms with Crippen LogP contribution in [0.2, 0.25) is 0 Å². The van der Waals surface area contributed by atoms with Crippen LogP contribution in [0.4, 0.5) is 0 Å². The molecule has 0 saturated heterocycles. The molecule has 58 valence electrons. The molecule has 1 unspecified atom stereocenters. The Labute approximate surface area is 69.0 Å². The standard InChI is InChI=1S/C7H17IN/c1-4-6-7(3,5-2)8-9/h4-6,9H2,1-3H3/q-1. The topological polar surface area (TPSA) is 26.0 Å². The molecule has 0 amide bonds. The van der Waals surface area contributed by atoms with Gasteiger partial charge in [-0.25, -0.2) is 0 Å². The van der Waals surface area contributed by atoms with E-state index in [1.54, 1.807) is 0 Å². The van der Waals surface area contributed by atoms with Crippen molar-refractivity contribution in [3.63, 3.8) is 0 Å². The van der Waals surface area contributed by atoms with Crippen LogP contribution < -0.4 is 25.4 Å². The molecule has 0 aromatic rings. The molecule has 2 heteroatoms. The second-order valence-electron chi connectivity index (χ2n) is 2.63.